The van der Waals surface area contributed by atoms with Gasteiger partial charge in [0, 0.05) is 36.9 Å². The van der Waals surface area contributed by atoms with Crippen LogP contribution in [0.25, 0.3) is 0 Å². The molecule has 0 radical (unpaired) electrons. The second-order valence-corrected chi connectivity index (χ2v) is 7.87. The Morgan fingerprint density at radius 2 is 1.93 bits per heavy atom. The molecule has 5 nitrogen and oxygen atoms in total. The van der Waals surface area contributed by atoms with E-state index in [2.05, 4.69) is 11.8 Å². The normalized spacial score (nSPS) is 19.0. The molecule has 0 unspecified atom stereocenters. The zero-order valence-corrected chi connectivity index (χ0v) is 17.0. The molecule has 2 heterocycles. The summed E-state index contributed by atoms with van der Waals surface area (Å²) >= 11 is 6.17. The van der Waals surface area contributed by atoms with Crippen LogP contribution in [0.1, 0.15) is 11.1 Å². The van der Waals surface area contributed by atoms with Gasteiger partial charge in [0.2, 0.25) is 5.91 Å². The van der Waals surface area contributed by atoms with Crippen LogP contribution in [-0.2, 0) is 11.2 Å². The smallest absolute Gasteiger partial charge is 0.229 e. The van der Waals surface area contributed by atoms with Gasteiger partial charge in [0.15, 0.2) is 0 Å². The summed E-state index contributed by atoms with van der Waals surface area (Å²) in [6.45, 7) is 5.58. The molecule has 1 saturated heterocycles. The molecule has 2 aromatic carbocycles. The average Bonchev–Trinajstić information content (AvgIpc) is 2.74. The minimum absolute atomic E-state index is 0.140. The monoisotopic (exact) mass is 400 g/mol. The molecule has 0 spiro atoms. The molecule has 2 aliphatic heterocycles. The summed E-state index contributed by atoms with van der Waals surface area (Å²) in [6, 6.07) is 11.7. The Hall–Kier alpha value is -2.40. The second-order valence-electron chi connectivity index (χ2n) is 7.43. The standard InChI is InChI=1S/C22H25ClN2O3/c1-15-3-4-18(23)13-20(15)24-7-9-25(10-8-24)22(26)17-11-16-12-19(27-2)5-6-21(16)28-14-17/h3-6,12-13,17H,7-11,14H2,1-2H3/t17-/m0/s1. The Kier molecular flexibility index (Phi) is 5.36. The fourth-order valence-corrected chi connectivity index (χ4v) is 4.17. The number of benzene rings is 2. The molecule has 2 aromatic rings. The second kappa shape index (κ2) is 7.92. The summed E-state index contributed by atoms with van der Waals surface area (Å²) in [5.41, 5.74) is 3.40. The summed E-state index contributed by atoms with van der Waals surface area (Å²) in [5.74, 6) is 1.68. The number of nitrogens with zero attached hydrogens (tertiary/aromatic N) is 2. The van der Waals surface area contributed by atoms with Crippen molar-refractivity contribution >= 4 is 23.2 Å². The van der Waals surface area contributed by atoms with Crippen LogP contribution in [0.5, 0.6) is 11.5 Å². The highest BCUT2D eigenvalue weighted by molar-refractivity contribution is 6.30. The molecule has 28 heavy (non-hydrogen) atoms. The molecule has 6 heteroatoms. The maximum atomic E-state index is 13.1. The summed E-state index contributed by atoms with van der Waals surface area (Å²) in [5, 5.41) is 0.743. The Labute approximate surface area is 170 Å². The number of ether oxygens (including phenoxy) is 2. The Morgan fingerprint density at radius 1 is 1.14 bits per heavy atom. The van der Waals surface area contributed by atoms with E-state index in [1.165, 1.54) is 5.56 Å². The number of hydrogen-bond donors (Lipinski definition) is 0. The van der Waals surface area contributed by atoms with Crippen LogP contribution in [0, 0.1) is 12.8 Å². The number of methoxy groups -OCH3 is 1. The molecule has 0 saturated carbocycles. The van der Waals surface area contributed by atoms with Gasteiger partial charge in [-0.1, -0.05) is 17.7 Å². The first-order valence-corrected chi connectivity index (χ1v) is 10.0. The van der Waals surface area contributed by atoms with Crippen LogP contribution in [0.3, 0.4) is 0 Å². The van der Waals surface area contributed by atoms with Gasteiger partial charge in [-0.05, 0) is 54.8 Å². The Balaban J connectivity index is 1.39. The lowest BCUT2D eigenvalue weighted by atomic mass is 9.95. The van der Waals surface area contributed by atoms with Crippen molar-refractivity contribution in [1.29, 1.82) is 0 Å². The zero-order valence-electron chi connectivity index (χ0n) is 16.3. The number of halogens is 1. The van der Waals surface area contributed by atoms with Crippen molar-refractivity contribution in [3.05, 3.63) is 52.5 Å². The fraction of sp³-hybridized carbons (Fsp3) is 0.409. The molecular weight excluding hydrogens is 376 g/mol. The third-order valence-corrected chi connectivity index (χ3v) is 5.86. The summed E-state index contributed by atoms with van der Waals surface area (Å²) in [7, 11) is 1.65. The number of fused-ring (bicyclic) bond motifs is 1. The lowest BCUT2D eigenvalue weighted by Crippen LogP contribution is -2.51. The van der Waals surface area contributed by atoms with Crippen LogP contribution in [0.4, 0.5) is 5.69 Å². The first-order valence-electron chi connectivity index (χ1n) is 9.65. The van der Waals surface area contributed by atoms with Crippen LogP contribution in [-0.4, -0.2) is 50.7 Å². The van der Waals surface area contributed by atoms with Crippen molar-refractivity contribution in [2.75, 3.05) is 44.8 Å². The van der Waals surface area contributed by atoms with Crippen LogP contribution >= 0.6 is 11.6 Å². The van der Waals surface area contributed by atoms with Crippen molar-refractivity contribution < 1.29 is 14.3 Å². The van der Waals surface area contributed by atoms with E-state index in [1.807, 2.05) is 41.3 Å². The lowest BCUT2D eigenvalue weighted by molar-refractivity contribution is -0.137. The van der Waals surface area contributed by atoms with E-state index in [-0.39, 0.29) is 11.8 Å². The maximum absolute atomic E-state index is 13.1. The largest absolute Gasteiger partial charge is 0.497 e. The van der Waals surface area contributed by atoms with Crippen molar-refractivity contribution in [1.82, 2.24) is 4.90 Å². The van der Waals surface area contributed by atoms with Gasteiger partial charge in [-0.15, -0.1) is 0 Å². The highest BCUT2D eigenvalue weighted by atomic mass is 35.5. The highest BCUT2D eigenvalue weighted by Crippen LogP contribution is 2.32. The maximum Gasteiger partial charge on any atom is 0.229 e. The van der Waals surface area contributed by atoms with Gasteiger partial charge in [0.05, 0.1) is 13.0 Å². The van der Waals surface area contributed by atoms with Gasteiger partial charge >= 0.3 is 0 Å². The molecule has 4 rings (SSSR count). The van der Waals surface area contributed by atoms with E-state index in [1.54, 1.807) is 7.11 Å². The SMILES string of the molecule is COc1ccc2c(c1)C[C@H](C(=O)N1CCN(c3cc(Cl)ccc3C)CC1)CO2. The quantitative estimate of drug-likeness (QED) is 0.790. The van der Waals surface area contributed by atoms with E-state index in [0.29, 0.717) is 26.1 Å². The van der Waals surface area contributed by atoms with Crippen LogP contribution in [0.15, 0.2) is 36.4 Å². The first-order chi connectivity index (χ1) is 13.5. The average molecular weight is 401 g/mol. The minimum Gasteiger partial charge on any atom is -0.497 e. The lowest BCUT2D eigenvalue weighted by Gasteiger charge is -2.38. The number of hydrogen-bond acceptors (Lipinski definition) is 4. The number of carbonyl (C=O) groups is 1. The third-order valence-electron chi connectivity index (χ3n) is 5.63. The van der Waals surface area contributed by atoms with E-state index in [4.69, 9.17) is 21.1 Å². The third kappa shape index (κ3) is 3.76. The van der Waals surface area contributed by atoms with Crippen molar-refractivity contribution in [2.24, 2.45) is 5.92 Å². The summed E-state index contributed by atoms with van der Waals surface area (Å²) in [4.78, 5) is 17.3. The van der Waals surface area contributed by atoms with Gasteiger partial charge in [-0.2, -0.15) is 0 Å². The first kappa shape index (κ1) is 18.9. The van der Waals surface area contributed by atoms with Gasteiger partial charge in [-0.3, -0.25) is 4.79 Å². The molecule has 148 valence electrons. The predicted molar refractivity (Wildman–Crippen MR) is 111 cm³/mol. The minimum atomic E-state index is -0.140. The van der Waals surface area contributed by atoms with Gasteiger partial charge < -0.3 is 19.3 Å². The number of carbonyl (C=O) groups excluding carboxylic acids is 1. The van der Waals surface area contributed by atoms with Crippen LogP contribution in [0.2, 0.25) is 5.02 Å². The molecule has 1 amide bonds. The number of anilines is 1. The van der Waals surface area contributed by atoms with E-state index in [9.17, 15) is 4.79 Å². The van der Waals surface area contributed by atoms with Gasteiger partial charge in [0.1, 0.15) is 18.1 Å². The molecule has 0 bridgehead atoms. The fourth-order valence-electron chi connectivity index (χ4n) is 4.01. The molecule has 2 aliphatic rings. The number of piperazine rings is 1. The van der Waals surface area contributed by atoms with Crippen molar-refractivity contribution in [3.63, 3.8) is 0 Å². The van der Waals surface area contributed by atoms with E-state index in [0.717, 1.165) is 40.9 Å². The zero-order chi connectivity index (χ0) is 19.7. The number of rotatable bonds is 3. The molecule has 0 aromatic heterocycles. The van der Waals surface area contributed by atoms with Gasteiger partial charge in [-0.25, -0.2) is 0 Å². The van der Waals surface area contributed by atoms with E-state index >= 15 is 0 Å². The highest BCUT2D eigenvalue weighted by Gasteiger charge is 2.31. The number of amides is 1. The molecule has 0 N–H and O–H groups in total. The molecule has 0 aliphatic carbocycles. The Morgan fingerprint density at radius 3 is 2.68 bits per heavy atom. The van der Waals surface area contributed by atoms with Crippen LogP contribution < -0.4 is 14.4 Å². The molecule has 1 atom stereocenters. The number of aryl methyl sites for hydroxylation is 1. The molecule has 1 fully saturated rings. The van der Waals surface area contributed by atoms with Crippen molar-refractivity contribution in [2.45, 2.75) is 13.3 Å². The molecular formula is C22H25ClN2O3. The van der Waals surface area contributed by atoms with Gasteiger partial charge in [0.25, 0.3) is 0 Å². The van der Waals surface area contributed by atoms with E-state index < -0.39 is 0 Å². The van der Waals surface area contributed by atoms with Crippen molar-refractivity contribution in [3.8, 4) is 11.5 Å². The Bertz CT molecular complexity index is 878. The predicted octanol–water partition coefficient (Wildman–Crippen LogP) is 3.56. The summed E-state index contributed by atoms with van der Waals surface area (Å²) < 4.78 is 11.1. The topological polar surface area (TPSA) is 42.0 Å². The summed E-state index contributed by atoms with van der Waals surface area (Å²) in [6.07, 6.45) is 0.693.